The first-order valence-electron chi connectivity index (χ1n) is 13.1. The zero-order valence-corrected chi connectivity index (χ0v) is 23.6. The Labute approximate surface area is 242 Å². The molecule has 7 nitrogen and oxygen atoms in total. The van der Waals surface area contributed by atoms with Gasteiger partial charge in [-0.1, -0.05) is 74.5 Å². The Bertz CT molecular complexity index is 1590. The van der Waals surface area contributed by atoms with Crippen LogP contribution in [0.5, 0.6) is 5.75 Å². The third-order valence-electron chi connectivity index (χ3n) is 6.96. The van der Waals surface area contributed by atoms with Crippen LogP contribution in [0.2, 0.25) is 0 Å². The van der Waals surface area contributed by atoms with Crippen molar-refractivity contribution in [1.82, 2.24) is 0 Å². The van der Waals surface area contributed by atoms with E-state index in [1.807, 2.05) is 29.0 Å². The summed E-state index contributed by atoms with van der Waals surface area (Å²) in [7, 11) is 1.23. The Balaban J connectivity index is 1.68. The molecule has 0 saturated carbocycles. The minimum Gasteiger partial charge on any atom is -0.508 e. The Morgan fingerprint density at radius 3 is 2.20 bits per heavy atom. The van der Waals surface area contributed by atoms with E-state index < -0.39 is 29.9 Å². The summed E-state index contributed by atoms with van der Waals surface area (Å²) >= 11 is 1.59. The number of hydrogen-bond acceptors (Lipinski definition) is 7. The quantitative estimate of drug-likeness (QED) is 0.229. The molecule has 0 saturated heterocycles. The van der Waals surface area contributed by atoms with Crippen molar-refractivity contribution in [2.24, 2.45) is 5.92 Å². The fourth-order valence-corrected chi connectivity index (χ4v) is 5.56. The predicted octanol–water partition coefficient (Wildman–Crippen LogP) is 6.62. The average Bonchev–Trinajstić information content (AvgIpc) is 3.63. The van der Waals surface area contributed by atoms with Crippen LogP contribution in [0, 0.1) is 5.92 Å². The number of esters is 1. The lowest BCUT2D eigenvalue weighted by molar-refractivity contribution is -0.152. The number of benzene rings is 3. The van der Waals surface area contributed by atoms with Gasteiger partial charge in [0.2, 0.25) is 6.10 Å². The molecule has 1 aliphatic heterocycles. The van der Waals surface area contributed by atoms with E-state index >= 15 is 0 Å². The number of ether oxygens (including phenoxy) is 2. The van der Waals surface area contributed by atoms with Crippen LogP contribution < -0.4 is 4.90 Å². The third kappa shape index (κ3) is 5.38. The molecule has 1 N–H and O–H groups in total. The SMILES string of the molecule is COC(=O)[C@@H](OC1=C(C(=O)C(C)C)[C@@H](c2ccccc2O)N(c2ccc(-c3ccsc3)cc2)C1=O)c1ccccc1. The predicted molar refractivity (Wildman–Crippen MR) is 157 cm³/mol. The summed E-state index contributed by atoms with van der Waals surface area (Å²) in [4.78, 5) is 42.5. The van der Waals surface area contributed by atoms with Gasteiger partial charge in [-0.05, 0) is 46.2 Å². The lowest BCUT2D eigenvalue weighted by atomic mass is 9.90. The Morgan fingerprint density at radius 1 is 0.902 bits per heavy atom. The number of ketones is 1. The van der Waals surface area contributed by atoms with E-state index in [-0.39, 0.29) is 22.9 Å². The second kappa shape index (κ2) is 11.8. The molecule has 2 heterocycles. The molecule has 1 aliphatic rings. The molecule has 2 atom stereocenters. The molecule has 0 spiro atoms. The van der Waals surface area contributed by atoms with Crippen molar-refractivity contribution < 1.29 is 29.0 Å². The van der Waals surface area contributed by atoms with E-state index in [0.717, 1.165) is 11.1 Å². The average molecular weight is 568 g/mol. The van der Waals surface area contributed by atoms with E-state index in [4.69, 9.17) is 9.47 Å². The van der Waals surface area contributed by atoms with Gasteiger partial charge in [-0.2, -0.15) is 11.3 Å². The van der Waals surface area contributed by atoms with Crippen LogP contribution in [0.4, 0.5) is 5.69 Å². The highest BCUT2D eigenvalue weighted by Gasteiger charge is 2.48. The molecule has 1 amide bonds. The van der Waals surface area contributed by atoms with Crippen molar-refractivity contribution in [3.05, 3.63) is 118 Å². The number of hydrogen-bond donors (Lipinski definition) is 1. The number of phenols is 1. The molecule has 208 valence electrons. The fraction of sp³-hybridized carbons (Fsp3) is 0.182. The molecular formula is C33H29NO6S. The maximum Gasteiger partial charge on any atom is 0.351 e. The number of para-hydroxylation sites is 1. The van der Waals surface area contributed by atoms with E-state index in [1.54, 1.807) is 85.8 Å². The molecule has 0 bridgehead atoms. The monoisotopic (exact) mass is 567 g/mol. The van der Waals surface area contributed by atoms with Crippen molar-refractivity contribution in [1.29, 1.82) is 0 Å². The Kier molecular flexibility index (Phi) is 8.03. The van der Waals surface area contributed by atoms with Gasteiger partial charge in [-0.25, -0.2) is 4.79 Å². The van der Waals surface area contributed by atoms with Crippen LogP contribution in [0.3, 0.4) is 0 Å². The van der Waals surface area contributed by atoms with Gasteiger partial charge < -0.3 is 14.6 Å². The highest BCUT2D eigenvalue weighted by Crippen LogP contribution is 2.46. The van der Waals surface area contributed by atoms with Crippen LogP contribution in [0.1, 0.15) is 37.1 Å². The van der Waals surface area contributed by atoms with Crippen LogP contribution in [-0.4, -0.2) is 29.9 Å². The molecular weight excluding hydrogens is 538 g/mol. The minimum atomic E-state index is -1.29. The van der Waals surface area contributed by atoms with E-state index in [0.29, 0.717) is 16.8 Å². The summed E-state index contributed by atoms with van der Waals surface area (Å²) in [6.45, 7) is 3.46. The maximum absolute atomic E-state index is 14.3. The normalized spacial score (nSPS) is 15.8. The molecule has 0 aliphatic carbocycles. The second-order valence-corrected chi connectivity index (χ2v) is 10.7. The van der Waals surface area contributed by atoms with E-state index in [2.05, 4.69) is 0 Å². The lowest BCUT2D eigenvalue weighted by Gasteiger charge is -2.28. The minimum absolute atomic E-state index is 0.0678. The number of nitrogens with zero attached hydrogens (tertiary/aromatic N) is 1. The molecule has 3 aromatic carbocycles. The number of thiophene rings is 1. The van der Waals surface area contributed by atoms with Gasteiger partial charge in [-0.3, -0.25) is 14.5 Å². The van der Waals surface area contributed by atoms with Crippen LogP contribution >= 0.6 is 11.3 Å². The van der Waals surface area contributed by atoms with Gasteiger partial charge in [0.1, 0.15) is 5.75 Å². The number of amides is 1. The summed E-state index contributed by atoms with van der Waals surface area (Å²) in [5, 5.41) is 14.9. The van der Waals surface area contributed by atoms with Gasteiger partial charge >= 0.3 is 5.97 Å². The van der Waals surface area contributed by atoms with Gasteiger partial charge in [0.05, 0.1) is 18.7 Å². The number of Topliss-reactive ketones (excluding diaryl/α,β-unsaturated/α-hetero) is 1. The largest absolute Gasteiger partial charge is 0.508 e. The molecule has 41 heavy (non-hydrogen) atoms. The second-order valence-electron chi connectivity index (χ2n) is 9.89. The molecule has 4 aromatic rings. The number of carbonyl (C=O) groups is 3. The first-order chi connectivity index (χ1) is 19.8. The van der Waals surface area contributed by atoms with Crippen molar-refractivity contribution in [2.45, 2.75) is 26.0 Å². The van der Waals surface area contributed by atoms with Crippen LogP contribution in [0.25, 0.3) is 11.1 Å². The van der Waals surface area contributed by atoms with Crippen molar-refractivity contribution in [2.75, 3.05) is 12.0 Å². The summed E-state index contributed by atoms with van der Waals surface area (Å²) in [6, 6.07) is 23.6. The highest BCUT2D eigenvalue weighted by molar-refractivity contribution is 7.08. The number of rotatable bonds is 9. The number of methoxy groups -OCH3 is 1. The third-order valence-corrected chi connectivity index (χ3v) is 7.65. The maximum atomic E-state index is 14.3. The van der Waals surface area contributed by atoms with Crippen molar-refractivity contribution in [3.63, 3.8) is 0 Å². The molecule has 1 aromatic heterocycles. The van der Waals surface area contributed by atoms with Crippen LogP contribution in [0.15, 0.2) is 107 Å². The van der Waals surface area contributed by atoms with Gasteiger partial charge in [0.15, 0.2) is 11.5 Å². The molecule has 0 unspecified atom stereocenters. The Morgan fingerprint density at radius 2 is 1.59 bits per heavy atom. The highest BCUT2D eigenvalue weighted by atomic mass is 32.1. The number of anilines is 1. The van der Waals surface area contributed by atoms with Crippen molar-refractivity contribution >= 4 is 34.7 Å². The zero-order chi connectivity index (χ0) is 29.1. The summed E-state index contributed by atoms with van der Waals surface area (Å²) in [5.74, 6) is -2.48. The topological polar surface area (TPSA) is 93.1 Å². The first-order valence-corrected chi connectivity index (χ1v) is 14.1. The molecule has 8 heteroatoms. The standard InChI is InChI=1S/C33H29NO6S/c1-20(2)29(36)27-28(25-11-7-8-12-26(25)35)34(24-15-13-21(14-16-24)23-17-18-41-19-23)32(37)31(27)40-30(33(38)39-3)22-9-5-4-6-10-22/h4-20,28,30,35H,1-3H3/t28-,30+/m1/s1. The summed E-state index contributed by atoms with van der Waals surface area (Å²) in [6.07, 6.45) is -1.29. The molecule has 0 radical (unpaired) electrons. The summed E-state index contributed by atoms with van der Waals surface area (Å²) in [5.41, 5.74) is 3.42. The van der Waals surface area contributed by atoms with Gasteiger partial charge in [0.25, 0.3) is 5.91 Å². The molecule has 0 fully saturated rings. The van der Waals surface area contributed by atoms with E-state index in [9.17, 15) is 19.5 Å². The van der Waals surface area contributed by atoms with Gasteiger partial charge in [-0.15, -0.1) is 0 Å². The van der Waals surface area contributed by atoms with Crippen LogP contribution in [-0.2, 0) is 23.9 Å². The fourth-order valence-electron chi connectivity index (χ4n) is 4.89. The summed E-state index contributed by atoms with van der Waals surface area (Å²) < 4.78 is 11.2. The number of phenolic OH excluding ortho intramolecular Hbond substituents is 1. The number of aromatic hydroxyl groups is 1. The smallest absolute Gasteiger partial charge is 0.351 e. The molecule has 5 rings (SSSR count). The first kappa shape index (κ1) is 27.9. The van der Waals surface area contributed by atoms with Crippen molar-refractivity contribution in [3.8, 4) is 16.9 Å². The Hall–Kier alpha value is -4.69. The van der Waals surface area contributed by atoms with E-state index in [1.165, 1.54) is 18.1 Å². The lowest BCUT2D eigenvalue weighted by Crippen LogP contribution is -2.32. The zero-order valence-electron chi connectivity index (χ0n) is 22.8. The van der Waals surface area contributed by atoms with Gasteiger partial charge in [0, 0.05) is 22.7 Å². The number of carbonyl (C=O) groups excluding carboxylic acids is 3.